The summed E-state index contributed by atoms with van der Waals surface area (Å²) in [6, 6.07) is 8.69. The molecule has 2 unspecified atom stereocenters. The molecule has 1 aromatic carbocycles. The van der Waals surface area contributed by atoms with Gasteiger partial charge in [-0.2, -0.15) is 0 Å². The van der Waals surface area contributed by atoms with Crippen LogP contribution in [0, 0.1) is 0 Å². The van der Waals surface area contributed by atoms with Gasteiger partial charge in [0.25, 0.3) is 0 Å². The van der Waals surface area contributed by atoms with Crippen LogP contribution >= 0.6 is 31.9 Å². The maximum Gasteiger partial charge on any atom is 0.0516 e. The minimum absolute atomic E-state index is 0.698. The second-order valence-electron chi connectivity index (χ2n) is 5.97. The highest BCUT2D eigenvalue weighted by atomic mass is 79.9. The number of benzene rings is 1. The van der Waals surface area contributed by atoms with Crippen LogP contribution in [0.25, 0.3) is 0 Å². The average molecular weight is 402 g/mol. The molecule has 2 bridgehead atoms. The lowest BCUT2D eigenvalue weighted by Gasteiger charge is -2.50. The summed E-state index contributed by atoms with van der Waals surface area (Å²) < 4.78 is 2.35. The van der Waals surface area contributed by atoms with Gasteiger partial charge in [0.05, 0.1) is 5.69 Å². The van der Waals surface area contributed by atoms with Crippen molar-refractivity contribution < 1.29 is 0 Å². The normalized spacial score (nSPS) is 29.6. The standard InChI is InChI=1S/C16H22Br2N2/c1-2-19-12-9-13-4-3-5-14(10-12)20(13)16-7-6-11(17)8-15(16)18/h6-8,12-14,19H,2-5,9-10H2,1H3. The zero-order chi connectivity index (χ0) is 14.1. The molecule has 2 fully saturated rings. The van der Waals surface area contributed by atoms with Gasteiger partial charge in [0.2, 0.25) is 0 Å². The van der Waals surface area contributed by atoms with Gasteiger partial charge in [-0.1, -0.05) is 22.9 Å². The monoisotopic (exact) mass is 400 g/mol. The zero-order valence-electron chi connectivity index (χ0n) is 11.9. The van der Waals surface area contributed by atoms with Crippen molar-refractivity contribution in [2.24, 2.45) is 0 Å². The van der Waals surface area contributed by atoms with Crippen molar-refractivity contribution in [1.82, 2.24) is 5.32 Å². The predicted molar refractivity (Wildman–Crippen MR) is 92.4 cm³/mol. The number of nitrogens with one attached hydrogen (secondary N) is 1. The Hall–Kier alpha value is -0.0600. The first kappa shape index (κ1) is 14.9. The SMILES string of the molecule is CCNC1CC2CCCC(C1)N2c1ccc(Br)cc1Br. The van der Waals surface area contributed by atoms with Crippen LogP contribution < -0.4 is 10.2 Å². The Morgan fingerprint density at radius 1 is 1.20 bits per heavy atom. The third kappa shape index (κ3) is 2.93. The molecule has 2 aliphatic heterocycles. The van der Waals surface area contributed by atoms with Crippen LogP contribution in [0.1, 0.15) is 39.0 Å². The second kappa shape index (κ2) is 6.37. The summed E-state index contributed by atoms with van der Waals surface area (Å²) in [4.78, 5) is 2.69. The van der Waals surface area contributed by atoms with Gasteiger partial charge in [-0.05, 0) is 72.8 Å². The fourth-order valence-electron chi connectivity index (χ4n) is 3.92. The third-order valence-electron chi connectivity index (χ3n) is 4.66. The number of anilines is 1. The molecule has 2 atom stereocenters. The lowest BCUT2D eigenvalue weighted by Crippen LogP contribution is -2.56. The molecule has 2 nitrogen and oxygen atoms in total. The summed E-state index contributed by atoms with van der Waals surface area (Å²) in [5.41, 5.74) is 1.37. The minimum atomic E-state index is 0.698. The van der Waals surface area contributed by atoms with Crippen LogP contribution in [-0.4, -0.2) is 24.7 Å². The van der Waals surface area contributed by atoms with Crippen LogP contribution in [-0.2, 0) is 0 Å². The van der Waals surface area contributed by atoms with Gasteiger partial charge in [-0.3, -0.25) is 0 Å². The molecule has 0 spiro atoms. The van der Waals surface area contributed by atoms with Gasteiger partial charge in [-0.15, -0.1) is 0 Å². The van der Waals surface area contributed by atoms with Crippen molar-refractivity contribution in [3.05, 3.63) is 27.1 Å². The van der Waals surface area contributed by atoms with Gasteiger partial charge < -0.3 is 10.2 Å². The molecule has 1 N–H and O–H groups in total. The van der Waals surface area contributed by atoms with E-state index in [0.717, 1.165) is 11.0 Å². The number of fused-ring (bicyclic) bond motifs is 2. The number of rotatable bonds is 3. The van der Waals surface area contributed by atoms with Gasteiger partial charge >= 0.3 is 0 Å². The fraction of sp³-hybridized carbons (Fsp3) is 0.625. The van der Waals surface area contributed by atoms with Crippen molar-refractivity contribution in [1.29, 1.82) is 0 Å². The first-order chi connectivity index (χ1) is 9.69. The minimum Gasteiger partial charge on any atom is -0.365 e. The van der Waals surface area contributed by atoms with E-state index < -0.39 is 0 Å². The zero-order valence-corrected chi connectivity index (χ0v) is 15.1. The second-order valence-corrected chi connectivity index (χ2v) is 7.74. The van der Waals surface area contributed by atoms with E-state index in [1.165, 1.54) is 42.3 Å². The number of hydrogen-bond acceptors (Lipinski definition) is 2. The number of nitrogens with zero attached hydrogens (tertiary/aromatic N) is 1. The Bertz CT molecular complexity index is 464. The molecule has 0 radical (unpaired) electrons. The molecule has 2 aliphatic rings. The molecule has 3 rings (SSSR count). The van der Waals surface area contributed by atoms with Crippen LogP contribution in [0.3, 0.4) is 0 Å². The molecule has 0 saturated carbocycles. The van der Waals surface area contributed by atoms with Crippen molar-refractivity contribution in [2.75, 3.05) is 11.4 Å². The first-order valence-electron chi connectivity index (χ1n) is 7.65. The van der Waals surface area contributed by atoms with Crippen molar-refractivity contribution in [2.45, 2.75) is 57.2 Å². The maximum absolute atomic E-state index is 3.75. The Kier molecular flexibility index (Phi) is 4.73. The molecule has 4 heteroatoms. The first-order valence-corrected chi connectivity index (χ1v) is 9.24. The summed E-state index contributed by atoms with van der Waals surface area (Å²) in [6.45, 7) is 3.31. The van der Waals surface area contributed by atoms with Gasteiger partial charge in [0.1, 0.15) is 0 Å². The summed E-state index contributed by atoms with van der Waals surface area (Å²) >= 11 is 7.30. The van der Waals surface area contributed by atoms with E-state index in [1.54, 1.807) is 0 Å². The molecule has 110 valence electrons. The molecule has 1 aromatic rings. The van der Waals surface area contributed by atoms with E-state index in [1.807, 2.05) is 0 Å². The van der Waals surface area contributed by atoms with Crippen LogP contribution in [0.4, 0.5) is 5.69 Å². The third-order valence-corrected chi connectivity index (χ3v) is 5.78. The topological polar surface area (TPSA) is 15.3 Å². The number of halogens is 2. The van der Waals surface area contributed by atoms with Gasteiger partial charge in [-0.25, -0.2) is 0 Å². The van der Waals surface area contributed by atoms with Crippen molar-refractivity contribution in [3.8, 4) is 0 Å². The molecule has 2 saturated heterocycles. The highest BCUT2D eigenvalue weighted by molar-refractivity contribution is 9.11. The van der Waals surface area contributed by atoms with E-state index >= 15 is 0 Å². The molecular weight excluding hydrogens is 380 g/mol. The average Bonchev–Trinajstić information content (AvgIpc) is 2.39. The van der Waals surface area contributed by atoms with Gasteiger partial charge in [0.15, 0.2) is 0 Å². The van der Waals surface area contributed by atoms with E-state index in [0.29, 0.717) is 18.1 Å². The molecule has 20 heavy (non-hydrogen) atoms. The van der Waals surface area contributed by atoms with Crippen LogP contribution in [0.5, 0.6) is 0 Å². The van der Waals surface area contributed by atoms with Gasteiger partial charge in [0, 0.05) is 27.1 Å². The van der Waals surface area contributed by atoms with Crippen molar-refractivity contribution >= 4 is 37.5 Å². The molecule has 0 amide bonds. The Balaban J connectivity index is 1.86. The van der Waals surface area contributed by atoms with E-state index in [2.05, 4.69) is 67.2 Å². The van der Waals surface area contributed by atoms with Crippen LogP contribution in [0.2, 0.25) is 0 Å². The summed E-state index contributed by atoms with van der Waals surface area (Å²) in [5, 5.41) is 3.66. The largest absolute Gasteiger partial charge is 0.365 e. The lowest BCUT2D eigenvalue weighted by atomic mass is 9.81. The number of piperidine rings is 2. The van der Waals surface area contributed by atoms with E-state index in [-0.39, 0.29) is 0 Å². The lowest BCUT2D eigenvalue weighted by molar-refractivity contribution is 0.247. The summed E-state index contributed by atoms with van der Waals surface area (Å²) in [6.07, 6.45) is 6.63. The van der Waals surface area contributed by atoms with E-state index in [4.69, 9.17) is 0 Å². The summed E-state index contributed by atoms with van der Waals surface area (Å²) in [5.74, 6) is 0. The van der Waals surface area contributed by atoms with Crippen LogP contribution in [0.15, 0.2) is 27.1 Å². The van der Waals surface area contributed by atoms with Crippen molar-refractivity contribution in [3.63, 3.8) is 0 Å². The number of hydrogen-bond donors (Lipinski definition) is 1. The highest BCUT2D eigenvalue weighted by Gasteiger charge is 2.38. The quantitative estimate of drug-likeness (QED) is 0.788. The Morgan fingerprint density at radius 2 is 1.90 bits per heavy atom. The maximum atomic E-state index is 3.75. The highest BCUT2D eigenvalue weighted by Crippen LogP contribution is 2.41. The molecule has 0 aliphatic carbocycles. The molecule has 0 aromatic heterocycles. The predicted octanol–water partition coefficient (Wildman–Crippen LogP) is 4.71. The molecular formula is C16H22Br2N2. The smallest absolute Gasteiger partial charge is 0.0516 e. The molecule has 2 heterocycles. The summed E-state index contributed by atoms with van der Waals surface area (Å²) in [7, 11) is 0. The Morgan fingerprint density at radius 3 is 2.50 bits per heavy atom. The van der Waals surface area contributed by atoms with E-state index in [9.17, 15) is 0 Å². The fourth-order valence-corrected chi connectivity index (χ4v) is 5.17. The Labute approximate surface area is 138 Å².